The number of benzene rings is 2. The zero-order valence-electron chi connectivity index (χ0n) is 18.9. The monoisotopic (exact) mass is 462 g/mol. The Bertz CT molecular complexity index is 1190. The molecule has 2 atom stereocenters. The number of rotatable bonds is 5. The van der Waals surface area contributed by atoms with Crippen LogP contribution in [0.2, 0.25) is 0 Å². The van der Waals surface area contributed by atoms with Crippen LogP contribution >= 0.6 is 12.2 Å². The Morgan fingerprint density at radius 3 is 2.67 bits per heavy atom. The van der Waals surface area contributed by atoms with E-state index in [0.717, 1.165) is 52.4 Å². The average molecular weight is 463 g/mol. The van der Waals surface area contributed by atoms with Crippen LogP contribution in [0, 0.1) is 10.7 Å². The molecule has 6 rings (SSSR count). The van der Waals surface area contributed by atoms with Gasteiger partial charge in [-0.1, -0.05) is 49.2 Å². The molecule has 3 aliphatic rings. The van der Waals surface area contributed by atoms with Gasteiger partial charge in [0.05, 0.1) is 13.2 Å². The number of aromatic nitrogens is 3. The molecule has 2 fully saturated rings. The lowest BCUT2D eigenvalue weighted by Crippen LogP contribution is -2.47. The van der Waals surface area contributed by atoms with Crippen LogP contribution in [0.4, 0.5) is 0 Å². The highest BCUT2D eigenvalue weighted by molar-refractivity contribution is 7.71. The third-order valence-corrected chi connectivity index (χ3v) is 7.84. The Kier molecular flexibility index (Phi) is 5.68. The Labute approximate surface area is 199 Å². The van der Waals surface area contributed by atoms with E-state index in [0.29, 0.717) is 12.6 Å². The van der Waals surface area contributed by atoms with Crippen LogP contribution in [-0.2, 0) is 13.2 Å². The third kappa shape index (κ3) is 4.08. The summed E-state index contributed by atoms with van der Waals surface area (Å²) in [5, 5.41) is 5.06. The second-order valence-corrected chi connectivity index (χ2v) is 9.82. The van der Waals surface area contributed by atoms with Gasteiger partial charge in [0, 0.05) is 18.2 Å². The van der Waals surface area contributed by atoms with Gasteiger partial charge in [0.25, 0.3) is 0 Å². The van der Waals surface area contributed by atoms with Gasteiger partial charge < -0.3 is 9.47 Å². The van der Waals surface area contributed by atoms with Crippen LogP contribution in [0.5, 0.6) is 11.5 Å². The molecule has 0 N–H and O–H groups in total. The van der Waals surface area contributed by atoms with Crippen molar-refractivity contribution in [1.82, 2.24) is 19.2 Å². The first kappa shape index (κ1) is 20.9. The van der Waals surface area contributed by atoms with E-state index < -0.39 is 0 Å². The minimum absolute atomic E-state index is 0.281. The fourth-order valence-electron chi connectivity index (χ4n) is 5.77. The Balaban J connectivity index is 1.34. The first-order valence-electron chi connectivity index (χ1n) is 12.1. The van der Waals surface area contributed by atoms with Crippen molar-refractivity contribution < 1.29 is 9.47 Å². The smallest absolute Gasteiger partial charge is 0.231 e. The van der Waals surface area contributed by atoms with Crippen LogP contribution in [0.3, 0.4) is 0 Å². The van der Waals surface area contributed by atoms with Gasteiger partial charge in [0.15, 0.2) is 22.1 Å². The summed E-state index contributed by atoms with van der Waals surface area (Å²) < 4.78 is 16.0. The lowest BCUT2D eigenvalue weighted by atomic mass is 9.78. The third-order valence-electron chi connectivity index (χ3n) is 7.41. The van der Waals surface area contributed by atoms with Gasteiger partial charge in [0.1, 0.15) is 0 Å². The molecule has 1 aromatic heterocycles. The van der Waals surface area contributed by atoms with E-state index in [1.807, 2.05) is 22.9 Å². The molecular weight excluding hydrogens is 432 g/mol. The molecule has 33 heavy (non-hydrogen) atoms. The van der Waals surface area contributed by atoms with Gasteiger partial charge in [-0.2, -0.15) is 5.10 Å². The summed E-state index contributed by atoms with van der Waals surface area (Å²) in [4.78, 5) is 2.63. The predicted molar refractivity (Wildman–Crippen MR) is 130 cm³/mol. The van der Waals surface area contributed by atoms with Crippen LogP contribution in [-0.4, -0.2) is 38.6 Å². The molecule has 2 aliphatic heterocycles. The van der Waals surface area contributed by atoms with Gasteiger partial charge in [-0.15, -0.1) is 0 Å². The van der Waals surface area contributed by atoms with Crippen LogP contribution in [0.15, 0.2) is 48.5 Å². The molecule has 7 heteroatoms. The number of hydrogen-bond acceptors (Lipinski definition) is 5. The largest absolute Gasteiger partial charge is 0.454 e. The van der Waals surface area contributed by atoms with Crippen molar-refractivity contribution in [2.45, 2.75) is 57.8 Å². The summed E-state index contributed by atoms with van der Waals surface area (Å²) in [7, 11) is 0. The molecule has 1 aliphatic carbocycles. The first-order chi connectivity index (χ1) is 16.3. The van der Waals surface area contributed by atoms with E-state index in [2.05, 4.69) is 39.8 Å². The zero-order chi connectivity index (χ0) is 22.2. The van der Waals surface area contributed by atoms with E-state index in [1.165, 1.54) is 38.5 Å². The lowest BCUT2D eigenvalue weighted by molar-refractivity contribution is 0.0323. The average Bonchev–Trinajstić information content (AvgIpc) is 3.45. The first-order valence-corrected chi connectivity index (χ1v) is 12.5. The second-order valence-electron chi connectivity index (χ2n) is 9.45. The van der Waals surface area contributed by atoms with Gasteiger partial charge in [-0.05, 0) is 61.5 Å². The highest BCUT2D eigenvalue weighted by Crippen LogP contribution is 2.36. The second kappa shape index (κ2) is 8.95. The molecule has 0 bridgehead atoms. The Hall–Kier alpha value is -2.64. The Morgan fingerprint density at radius 2 is 1.76 bits per heavy atom. The number of piperidine rings is 1. The van der Waals surface area contributed by atoms with Crippen molar-refractivity contribution in [3.63, 3.8) is 0 Å². The summed E-state index contributed by atoms with van der Waals surface area (Å²) in [5.41, 5.74) is 2.20. The minimum Gasteiger partial charge on any atom is -0.454 e. The summed E-state index contributed by atoms with van der Waals surface area (Å²) in [6.45, 7) is 2.84. The molecular formula is C26H30N4O2S. The SMILES string of the molecule is S=c1n(CN2CCC[C@H]3CCCC[C@@H]32)nc(-c2ccccc2)n1Cc1ccc2c(c1)OCO2. The molecule has 3 heterocycles. The van der Waals surface area contributed by atoms with Crippen LogP contribution in [0.25, 0.3) is 11.4 Å². The van der Waals surface area contributed by atoms with E-state index in [9.17, 15) is 0 Å². The highest BCUT2D eigenvalue weighted by atomic mass is 32.1. The molecule has 3 aromatic rings. The van der Waals surface area contributed by atoms with Gasteiger partial charge in [0.2, 0.25) is 6.79 Å². The predicted octanol–water partition coefficient (Wildman–Crippen LogP) is 5.47. The highest BCUT2D eigenvalue weighted by Gasteiger charge is 2.33. The number of nitrogens with zero attached hydrogens (tertiary/aromatic N) is 4. The maximum atomic E-state index is 6.01. The quantitative estimate of drug-likeness (QED) is 0.471. The maximum Gasteiger partial charge on any atom is 0.231 e. The minimum atomic E-state index is 0.281. The molecule has 0 amide bonds. The zero-order valence-corrected chi connectivity index (χ0v) is 19.7. The van der Waals surface area contributed by atoms with Crippen molar-refractivity contribution in [2.75, 3.05) is 13.3 Å². The van der Waals surface area contributed by atoms with Gasteiger partial charge in [-0.25, -0.2) is 4.68 Å². The normalized spacial score (nSPS) is 22.3. The number of ether oxygens (including phenoxy) is 2. The molecule has 1 saturated carbocycles. The van der Waals surface area contributed by atoms with Crippen molar-refractivity contribution in [1.29, 1.82) is 0 Å². The molecule has 1 saturated heterocycles. The van der Waals surface area contributed by atoms with E-state index in [4.69, 9.17) is 26.8 Å². The molecule has 172 valence electrons. The number of likely N-dealkylation sites (tertiary alicyclic amines) is 1. The fourth-order valence-corrected chi connectivity index (χ4v) is 6.02. The molecule has 0 spiro atoms. The van der Waals surface area contributed by atoms with Crippen LogP contribution < -0.4 is 9.47 Å². The summed E-state index contributed by atoms with van der Waals surface area (Å²) in [6, 6.07) is 17.1. The molecule has 0 unspecified atom stereocenters. The van der Waals surface area contributed by atoms with Gasteiger partial charge >= 0.3 is 0 Å². The molecule has 6 nitrogen and oxygen atoms in total. The van der Waals surface area contributed by atoms with Crippen molar-refractivity contribution in [2.24, 2.45) is 5.92 Å². The fraction of sp³-hybridized carbons (Fsp3) is 0.462. The number of fused-ring (bicyclic) bond motifs is 2. The van der Waals surface area contributed by atoms with E-state index in [1.54, 1.807) is 0 Å². The molecule has 2 aromatic carbocycles. The Morgan fingerprint density at radius 1 is 0.939 bits per heavy atom. The van der Waals surface area contributed by atoms with Crippen molar-refractivity contribution in [3.8, 4) is 22.9 Å². The summed E-state index contributed by atoms with van der Waals surface area (Å²) in [6.07, 6.45) is 8.06. The van der Waals surface area contributed by atoms with Gasteiger partial charge in [-0.3, -0.25) is 9.47 Å². The number of hydrogen-bond donors (Lipinski definition) is 0. The maximum absolute atomic E-state index is 6.01. The lowest BCUT2D eigenvalue weighted by Gasteiger charge is -2.43. The van der Waals surface area contributed by atoms with E-state index >= 15 is 0 Å². The topological polar surface area (TPSA) is 44.5 Å². The molecule has 0 radical (unpaired) electrons. The summed E-state index contributed by atoms with van der Waals surface area (Å²) in [5.74, 6) is 3.35. The standard InChI is InChI=1S/C26H30N4O2S/c33-26-29(16-19-12-13-23-24(15-19)32-18-31-23)25(21-8-2-1-3-9-21)27-30(26)17-28-14-6-10-20-7-4-5-11-22(20)28/h1-3,8-9,12-13,15,20,22H,4-7,10-11,14,16-18H2/t20-,22+/m1/s1. The summed E-state index contributed by atoms with van der Waals surface area (Å²) >= 11 is 6.01. The van der Waals surface area contributed by atoms with E-state index in [-0.39, 0.29) is 6.79 Å². The van der Waals surface area contributed by atoms with Crippen molar-refractivity contribution >= 4 is 12.2 Å². The van der Waals surface area contributed by atoms with Crippen molar-refractivity contribution in [3.05, 3.63) is 58.9 Å². The van der Waals surface area contributed by atoms with Crippen LogP contribution in [0.1, 0.15) is 44.1 Å².